The minimum Gasteiger partial charge on any atom is -0.393 e. The van der Waals surface area contributed by atoms with Crippen LogP contribution in [-0.2, 0) is 10.0 Å². The Balaban J connectivity index is 2.93. The maximum absolute atomic E-state index is 11.7. The quantitative estimate of drug-likeness (QED) is 0.830. The fourth-order valence-corrected chi connectivity index (χ4v) is 2.84. The van der Waals surface area contributed by atoms with Crippen LogP contribution in [-0.4, -0.2) is 26.2 Å². The van der Waals surface area contributed by atoms with Crippen LogP contribution in [0.1, 0.15) is 38.7 Å². The second kappa shape index (κ2) is 6.31. The summed E-state index contributed by atoms with van der Waals surface area (Å²) in [6.45, 7) is 5.97. The molecule has 0 saturated carbocycles. The number of benzene rings is 1. The van der Waals surface area contributed by atoms with Crippen molar-refractivity contribution in [2.75, 3.05) is 6.54 Å². The van der Waals surface area contributed by atoms with Crippen LogP contribution in [0.4, 0.5) is 0 Å². The molecule has 0 fully saturated rings. The molecule has 1 aromatic rings. The Morgan fingerprint density at radius 3 is 2.22 bits per heavy atom. The van der Waals surface area contributed by atoms with Gasteiger partial charge in [0.1, 0.15) is 0 Å². The zero-order valence-electron chi connectivity index (χ0n) is 11.1. The van der Waals surface area contributed by atoms with E-state index in [2.05, 4.69) is 4.72 Å². The first-order chi connectivity index (χ1) is 8.42. The largest absolute Gasteiger partial charge is 0.393 e. The summed E-state index contributed by atoms with van der Waals surface area (Å²) in [5.41, 5.74) is 0.944. The molecule has 18 heavy (non-hydrogen) atoms. The average molecular weight is 271 g/mol. The SMILES string of the molecule is CCNS(=O)(=O)c1ccc(C(C)C(O)CC)cc1. The Labute approximate surface area is 109 Å². The van der Waals surface area contributed by atoms with Gasteiger partial charge in [-0.25, -0.2) is 13.1 Å². The number of hydrogen-bond donors (Lipinski definition) is 2. The number of nitrogens with one attached hydrogen (secondary N) is 1. The lowest BCUT2D eigenvalue weighted by atomic mass is 9.94. The molecule has 0 spiro atoms. The minimum atomic E-state index is -3.39. The summed E-state index contributed by atoms with van der Waals surface area (Å²) in [6.07, 6.45) is 0.278. The summed E-state index contributed by atoms with van der Waals surface area (Å²) in [5.74, 6) is 0.00545. The summed E-state index contributed by atoms with van der Waals surface area (Å²) >= 11 is 0. The van der Waals surface area contributed by atoms with Crippen LogP contribution >= 0.6 is 0 Å². The highest BCUT2D eigenvalue weighted by Gasteiger charge is 2.16. The molecule has 0 aliphatic carbocycles. The fraction of sp³-hybridized carbons (Fsp3) is 0.538. The molecule has 0 saturated heterocycles. The van der Waals surface area contributed by atoms with Gasteiger partial charge in [-0.3, -0.25) is 0 Å². The summed E-state index contributed by atoms with van der Waals surface area (Å²) < 4.78 is 25.9. The van der Waals surface area contributed by atoms with Crippen molar-refractivity contribution in [1.29, 1.82) is 0 Å². The maximum Gasteiger partial charge on any atom is 0.240 e. The lowest BCUT2D eigenvalue weighted by Gasteiger charge is -2.17. The van der Waals surface area contributed by atoms with Gasteiger partial charge in [-0.1, -0.05) is 32.9 Å². The van der Waals surface area contributed by atoms with E-state index in [9.17, 15) is 13.5 Å². The highest BCUT2D eigenvalue weighted by molar-refractivity contribution is 7.89. The number of rotatable bonds is 6. The highest BCUT2D eigenvalue weighted by Crippen LogP contribution is 2.22. The van der Waals surface area contributed by atoms with Gasteiger partial charge in [0.2, 0.25) is 10.0 Å². The van der Waals surface area contributed by atoms with Crippen molar-refractivity contribution in [3.05, 3.63) is 29.8 Å². The summed E-state index contributed by atoms with van der Waals surface area (Å²) in [6, 6.07) is 6.67. The van der Waals surface area contributed by atoms with E-state index in [4.69, 9.17) is 0 Å². The standard InChI is InChI=1S/C13H21NO3S/c1-4-13(15)10(3)11-6-8-12(9-7-11)18(16,17)14-5-2/h6-10,13-15H,4-5H2,1-3H3. The minimum absolute atomic E-state index is 0.00545. The monoisotopic (exact) mass is 271 g/mol. The molecule has 0 aliphatic heterocycles. The predicted octanol–water partition coefficient (Wildman–Crippen LogP) is 1.86. The molecule has 2 unspecified atom stereocenters. The molecule has 2 N–H and O–H groups in total. The fourth-order valence-electron chi connectivity index (χ4n) is 1.80. The molecule has 0 amide bonds. The molecular formula is C13H21NO3S. The molecule has 0 heterocycles. The van der Waals surface area contributed by atoms with Gasteiger partial charge in [0.25, 0.3) is 0 Å². The first-order valence-corrected chi connectivity index (χ1v) is 7.68. The van der Waals surface area contributed by atoms with Crippen LogP contribution in [0.15, 0.2) is 29.2 Å². The zero-order valence-corrected chi connectivity index (χ0v) is 11.9. The van der Waals surface area contributed by atoms with Crippen molar-refractivity contribution in [1.82, 2.24) is 4.72 Å². The number of sulfonamides is 1. The molecule has 0 aromatic heterocycles. The summed E-state index contributed by atoms with van der Waals surface area (Å²) in [7, 11) is -3.39. The molecule has 1 aromatic carbocycles. The van der Waals surface area contributed by atoms with Gasteiger partial charge in [0.15, 0.2) is 0 Å². The summed E-state index contributed by atoms with van der Waals surface area (Å²) in [4.78, 5) is 0.256. The lowest BCUT2D eigenvalue weighted by Crippen LogP contribution is -2.23. The van der Waals surface area contributed by atoms with Gasteiger partial charge >= 0.3 is 0 Å². The Bertz CT molecular complexity index is 468. The Morgan fingerprint density at radius 1 is 1.22 bits per heavy atom. The van der Waals surface area contributed by atoms with Crippen molar-refractivity contribution >= 4 is 10.0 Å². The molecule has 2 atom stereocenters. The number of aliphatic hydroxyl groups excluding tert-OH is 1. The van der Waals surface area contributed by atoms with E-state index in [-0.39, 0.29) is 10.8 Å². The van der Waals surface area contributed by atoms with Gasteiger partial charge in [-0.2, -0.15) is 0 Å². The van der Waals surface area contributed by atoms with Crippen LogP contribution in [0.3, 0.4) is 0 Å². The predicted molar refractivity (Wildman–Crippen MR) is 72.0 cm³/mol. The van der Waals surface area contributed by atoms with E-state index in [0.29, 0.717) is 13.0 Å². The van der Waals surface area contributed by atoms with Crippen LogP contribution in [0, 0.1) is 0 Å². The van der Waals surface area contributed by atoms with Gasteiger partial charge in [0.05, 0.1) is 11.0 Å². The zero-order chi connectivity index (χ0) is 13.8. The molecular weight excluding hydrogens is 250 g/mol. The third-order valence-electron chi connectivity index (χ3n) is 3.05. The molecule has 0 radical (unpaired) electrons. The van der Waals surface area contributed by atoms with Crippen LogP contribution < -0.4 is 4.72 Å². The van der Waals surface area contributed by atoms with E-state index in [0.717, 1.165) is 5.56 Å². The molecule has 0 aliphatic rings. The second-order valence-electron chi connectivity index (χ2n) is 4.33. The van der Waals surface area contributed by atoms with E-state index >= 15 is 0 Å². The second-order valence-corrected chi connectivity index (χ2v) is 6.10. The van der Waals surface area contributed by atoms with Gasteiger partial charge in [0, 0.05) is 12.5 Å². The van der Waals surface area contributed by atoms with Gasteiger partial charge in [-0.05, 0) is 24.1 Å². The molecule has 1 rings (SSSR count). The smallest absolute Gasteiger partial charge is 0.240 e. The first kappa shape index (κ1) is 15.1. The van der Waals surface area contributed by atoms with Crippen LogP contribution in [0.2, 0.25) is 0 Å². The van der Waals surface area contributed by atoms with Gasteiger partial charge in [-0.15, -0.1) is 0 Å². The first-order valence-electron chi connectivity index (χ1n) is 6.20. The molecule has 102 valence electrons. The third-order valence-corrected chi connectivity index (χ3v) is 4.61. The molecule has 0 bridgehead atoms. The van der Waals surface area contributed by atoms with Crippen molar-refractivity contribution in [2.45, 2.75) is 44.1 Å². The number of aliphatic hydroxyl groups is 1. The highest BCUT2D eigenvalue weighted by atomic mass is 32.2. The van der Waals surface area contributed by atoms with Crippen molar-refractivity contribution < 1.29 is 13.5 Å². The molecule has 4 nitrogen and oxygen atoms in total. The maximum atomic E-state index is 11.7. The normalized spacial score (nSPS) is 15.3. The van der Waals surface area contributed by atoms with E-state index < -0.39 is 16.1 Å². The molecule has 5 heteroatoms. The Morgan fingerprint density at radius 2 is 1.78 bits per heavy atom. The third kappa shape index (κ3) is 3.54. The number of hydrogen-bond acceptors (Lipinski definition) is 3. The van der Waals surface area contributed by atoms with Crippen LogP contribution in [0.25, 0.3) is 0 Å². The topological polar surface area (TPSA) is 66.4 Å². The Hall–Kier alpha value is -0.910. The van der Waals surface area contributed by atoms with Crippen molar-refractivity contribution in [3.8, 4) is 0 Å². The van der Waals surface area contributed by atoms with Gasteiger partial charge < -0.3 is 5.11 Å². The van der Waals surface area contributed by atoms with Crippen molar-refractivity contribution in [2.24, 2.45) is 0 Å². The van der Waals surface area contributed by atoms with Crippen molar-refractivity contribution in [3.63, 3.8) is 0 Å². The Kier molecular flexibility index (Phi) is 5.31. The van der Waals surface area contributed by atoms with E-state index in [1.165, 1.54) is 0 Å². The van der Waals surface area contributed by atoms with Crippen LogP contribution in [0.5, 0.6) is 0 Å². The summed E-state index contributed by atoms with van der Waals surface area (Å²) in [5, 5.41) is 9.76. The average Bonchev–Trinajstić information content (AvgIpc) is 2.37. The van der Waals surface area contributed by atoms with E-state index in [1.54, 1.807) is 31.2 Å². The van der Waals surface area contributed by atoms with E-state index in [1.807, 2.05) is 13.8 Å². The lowest BCUT2D eigenvalue weighted by molar-refractivity contribution is 0.145.